The van der Waals surface area contributed by atoms with E-state index in [0.717, 1.165) is 107 Å². The number of aromatic nitrogens is 6. The van der Waals surface area contributed by atoms with E-state index in [-0.39, 0.29) is 0 Å². The second-order valence-corrected chi connectivity index (χ2v) is 35.1. The van der Waals surface area contributed by atoms with Crippen LogP contribution in [-0.2, 0) is 0 Å². The third kappa shape index (κ3) is 16.5. The highest BCUT2D eigenvalue weighted by Crippen LogP contribution is 2.45. The van der Waals surface area contributed by atoms with E-state index in [1.54, 1.807) is 0 Å². The maximum Gasteiger partial charge on any atom is 0.160 e. The topological polar surface area (TPSA) is 77.3 Å². The Kier molecular flexibility index (Phi) is 21.7. The normalized spacial score (nSPS) is 11.3. The first-order valence-corrected chi connectivity index (χ1v) is 45.7. The van der Waals surface area contributed by atoms with Crippen molar-refractivity contribution in [1.29, 1.82) is 0 Å². The van der Waals surface area contributed by atoms with Gasteiger partial charge in [0.15, 0.2) is 17.5 Å². The summed E-state index contributed by atoms with van der Waals surface area (Å²) >= 11 is 5.58. The Morgan fingerprint density at radius 1 is 0.132 bits per heavy atom. The van der Waals surface area contributed by atoms with Gasteiger partial charge in [-0.25, -0.2) is 29.9 Å². The summed E-state index contributed by atoms with van der Waals surface area (Å²) in [6.07, 6.45) is 0. The lowest BCUT2D eigenvalue weighted by atomic mass is 9.95. The molecule has 0 aliphatic rings. The fourth-order valence-corrected chi connectivity index (χ4v) is 20.8. The van der Waals surface area contributed by atoms with Gasteiger partial charge in [-0.2, -0.15) is 0 Å². The van der Waals surface area contributed by atoms with Gasteiger partial charge in [0.2, 0.25) is 0 Å². The number of fused-ring (bicyclic) bond motifs is 9. The molecule has 0 bridgehead atoms. The number of hydrogen-bond donors (Lipinski definition) is 0. The maximum absolute atomic E-state index is 5.05. The van der Waals surface area contributed by atoms with E-state index in [4.69, 9.17) is 29.9 Å². The van der Waals surface area contributed by atoms with Crippen molar-refractivity contribution >= 4 is 94.5 Å². The molecule has 0 atom stereocenters. The number of benzene rings is 18. The summed E-state index contributed by atoms with van der Waals surface area (Å²) in [5, 5.41) is 7.93. The fourth-order valence-electron chi connectivity index (χ4n) is 17.3. The number of nitrogens with zero attached hydrogens (tertiary/aromatic N) is 6. The molecule has 0 fully saturated rings. The summed E-state index contributed by atoms with van der Waals surface area (Å²) in [4.78, 5) is 30.2. The molecule has 0 amide bonds. The molecule has 0 saturated heterocycles. The first-order valence-electron chi connectivity index (χ1n) is 43.2. The van der Waals surface area contributed by atoms with Crippen molar-refractivity contribution in [3.63, 3.8) is 0 Å². The van der Waals surface area contributed by atoms with Gasteiger partial charge in [0.1, 0.15) is 0 Å². The quantitative estimate of drug-likeness (QED) is 0.102. The first kappa shape index (κ1) is 78.8. The lowest BCUT2D eigenvalue weighted by Crippen LogP contribution is -1.96. The van der Waals surface area contributed by atoms with Crippen LogP contribution in [0.3, 0.4) is 0 Å². The largest absolute Gasteiger partial charge is 0.228 e. The van der Waals surface area contributed by atoms with Crippen molar-refractivity contribution in [1.82, 2.24) is 29.9 Å². The standard InChI is InChI=1S/3C40H26N2S/c1-3-12-27(13-4-1)35-26-36(28-14-5-2-6-15-28)42-40(41-35)32-19-10-17-30(25-32)29-16-9-18-31(24-29)33-21-11-23-38-39(33)34-20-7-8-22-37(34)43-38;1-3-11-27(12-4-1)36-26-37(28-13-5-2-6-14-28)42-40(41-36)33-18-10-17-31(24-33)29-15-9-16-30(23-29)32-21-22-35-34-19-7-8-20-38(34)43-39(35)25-32;1-3-11-28(12-4-1)36-26-37(29-13-5-2-6-14-29)42-40(41-36)30-23-21-27(22-24-30)31-15-9-16-32(25-31)33-18-10-19-35-34-17-7-8-20-38(34)43-39(33)35/h3*1-26H. The summed E-state index contributed by atoms with van der Waals surface area (Å²) in [5.41, 5.74) is 29.2. The molecular weight excluding hydrogens is 1620 g/mol. The van der Waals surface area contributed by atoms with Crippen molar-refractivity contribution in [3.8, 4) is 168 Å². The van der Waals surface area contributed by atoms with Gasteiger partial charge in [-0.15, -0.1) is 34.0 Å². The summed E-state index contributed by atoms with van der Waals surface area (Å²) in [5.74, 6) is 2.15. The van der Waals surface area contributed by atoms with Crippen LogP contribution < -0.4 is 0 Å². The monoisotopic (exact) mass is 1700 g/mol. The van der Waals surface area contributed by atoms with Gasteiger partial charge in [-0.3, -0.25) is 0 Å². The summed E-state index contributed by atoms with van der Waals surface area (Å²) in [6, 6.07) is 167. The predicted molar refractivity (Wildman–Crippen MR) is 546 cm³/mol. The first-order chi connectivity index (χ1) is 63.9. The van der Waals surface area contributed by atoms with Crippen molar-refractivity contribution in [2.75, 3.05) is 0 Å². The number of rotatable bonds is 15. The van der Waals surface area contributed by atoms with Crippen molar-refractivity contribution < 1.29 is 0 Å². The van der Waals surface area contributed by atoms with E-state index >= 15 is 0 Å². The maximum atomic E-state index is 5.05. The molecule has 606 valence electrons. The molecule has 0 radical (unpaired) electrons. The van der Waals surface area contributed by atoms with Crippen LogP contribution >= 0.6 is 34.0 Å². The Morgan fingerprint density at radius 2 is 0.388 bits per heavy atom. The summed E-state index contributed by atoms with van der Waals surface area (Å²) in [6.45, 7) is 0. The van der Waals surface area contributed by atoms with Crippen LogP contribution in [0.25, 0.3) is 229 Å². The van der Waals surface area contributed by atoms with E-state index in [1.807, 2.05) is 143 Å². The SMILES string of the molecule is c1ccc(-c2cc(-c3ccccc3)nc(-c3ccc(-c4cccc(-c5cccc6c5sc5ccccc56)c4)cc3)n2)cc1.c1ccc(-c2cc(-c3ccccc3)nc(-c3cccc(-c4cccc(-c5ccc6c(c5)sc5ccccc56)c4)c3)n2)cc1.c1ccc(-c2cc(-c3ccccc3)nc(-c3cccc(-c4cccc(-c5cccc6sc7ccccc7c56)c4)c3)n2)cc1. The average molecular weight is 1700 g/mol. The fraction of sp³-hybridized carbons (Fsp3) is 0. The Labute approximate surface area is 760 Å². The van der Waals surface area contributed by atoms with Crippen LogP contribution in [0, 0.1) is 0 Å². The molecule has 0 unspecified atom stereocenters. The lowest BCUT2D eigenvalue weighted by Gasteiger charge is -2.11. The molecule has 0 N–H and O–H groups in total. The minimum absolute atomic E-state index is 0.715. The van der Waals surface area contributed by atoms with Crippen molar-refractivity contribution in [2.24, 2.45) is 0 Å². The van der Waals surface area contributed by atoms with Gasteiger partial charge in [0.25, 0.3) is 0 Å². The molecular formula is C120H78N6S3. The molecule has 6 aromatic heterocycles. The van der Waals surface area contributed by atoms with Crippen LogP contribution in [0.15, 0.2) is 473 Å². The van der Waals surface area contributed by atoms with Crippen LogP contribution in [0.1, 0.15) is 0 Å². The van der Waals surface area contributed by atoms with Crippen LogP contribution in [0.5, 0.6) is 0 Å². The van der Waals surface area contributed by atoms with Crippen molar-refractivity contribution in [2.45, 2.75) is 0 Å². The van der Waals surface area contributed by atoms with Gasteiger partial charge in [0, 0.05) is 111 Å². The molecule has 0 aliphatic heterocycles. The highest BCUT2D eigenvalue weighted by molar-refractivity contribution is 7.27. The third-order valence-electron chi connectivity index (χ3n) is 23.7. The Morgan fingerprint density at radius 3 is 0.829 bits per heavy atom. The molecule has 9 heteroatoms. The Bertz CT molecular complexity index is 8050. The molecule has 18 aromatic carbocycles. The summed E-state index contributed by atoms with van der Waals surface area (Å²) < 4.78 is 7.94. The van der Waals surface area contributed by atoms with Gasteiger partial charge in [-0.05, 0) is 146 Å². The third-order valence-corrected chi connectivity index (χ3v) is 27.2. The average Bonchev–Trinajstić information content (AvgIpc) is 1.59. The zero-order chi connectivity index (χ0) is 85.8. The van der Waals surface area contributed by atoms with Crippen LogP contribution in [0.2, 0.25) is 0 Å². The van der Waals surface area contributed by atoms with Gasteiger partial charge in [-0.1, -0.05) is 394 Å². The Hall–Kier alpha value is -16.1. The predicted octanol–water partition coefficient (Wildman–Crippen LogP) is 33.5. The highest BCUT2D eigenvalue weighted by Gasteiger charge is 2.20. The van der Waals surface area contributed by atoms with Gasteiger partial charge in [0.05, 0.1) is 34.2 Å². The van der Waals surface area contributed by atoms with Crippen LogP contribution in [-0.4, -0.2) is 29.9 Å². The number of hydrogen-bond acceptors (Lipinski definition) is 9. The molecule has 0 saturated carbocycles. The van der Waals surface area contributed by atoms with Crippen molar-refractivity contribution in [3.05, 3.63) is 473 Å². The molecule has 6 nitrogen and oxygen atoms in total. The molecule has 24 aromatic rings. The van der Waals surface area contributed by atoms with E-state index in [2.05, 4.69) is 364 Å². The lowest BCUT2D eigenvalue weighted by molar-refractivity contribution is 1.18. The molecule has 6 heterocycles. The second-order valence-electron chi connectivity index (χ2n) is 31.9. The number of thiophene rings is 3. The molecule has 24 rings (SSSR count). The Balaban J connectivity index is 0.000000114. The zero-order valence-corrected chi connectivity index (χ0v) is 72.4. The highest BCUT2D eigenvalue weighted by atomic mass is 32.1. The zero-order valence-electron chi connectivity index (χ0n) is 69.9. The smallest absolute Gasteiger partial charge is 0.160 e. The van der Waals surface area contributed by atoms with Gasteiger partial charge < -0.3 is 0 Å². The second kappa shape index (κ2) is 35.5. The van der Waals surface area contributed by atoms with E-state index in [0.29, 0.717) is 11.6 Å². The molecule has 129 heavy (non-hydrogen) atoms. The van der Waals surface area contributed by atoms with E-state index < -0.39 is 0 Å². The van der Waals surface area contributed by atoms with Crippen LogP contribution in [0.4, 0.5) is 0 Å². The minimum Gasteiger partial charge on any atom is -0.228 e. The molecule has 0 aliphatic carbocycles. The minimum atomic E-state index is 0.715. The van der Waals surface area contributed by atoms with Gasteiger partial charge >= 0.3 is 0 Å². The summed E-state index contributed by atoms with van der Waals surface area (Å²) in [7, 11) is 0. The van der Waals surface area contributed by atoms with E-state index in [1.165, 1.54) is 111 Å². The van der Waals surface area contributed by atoms with E-state index in [9.17, 15) is 0 Å². The molecule has 0 spiro atoms.